The number of nitrogens with one attached hydrogen (secondary N) is 1. The van der Waals surface area contributed by atoms with Gasteiger partial charge >= 0.3 is 0 Å². The summed E-state index contributed by atoms with van der Waals surface area (Å²) < 4.78 is 0.836. The first-order valence-electron chi connectivity index (χ1n) is 6.33. The van der Waals surface area contributed by atoms with Gasteiger partial charge in [-0.05, 0) is 39.0 Å². The molecule has 2 amide bonds. The van der Waals surface area contributed by atoms with E-state index in [4.69, 9.17) is 0 Å². The highest BCUT2D eigenvalue weighted by Gasteiger charge is 2.41. The van der Waals surface area contributed by atoms with E-state index in [1.165, 1.54) is 0 Å². The number of rotatable bonds is 2. The van der Waals surface area contributed by atoms with E-state index >= 15 is 0 Å². The van der Waals surface area contributed by atoms with Gasteiger partial charge in [0.15, 0.2) is 0 Å². The molecule has 20 heavy (non-hydrogen) atoms. The number of nitrogens with zero attached hydrogens (tertiary/aromatic N) is 1. The summed E-state index contributed by atoms with van der Waals surface area (Å²) in [6, 6.07) is 5.43. The Hall–Kier alpha value is -1.40. The summed E-state index contributed by atoms with van der Waals surface area (Å²) in [7, 11) is 0. The molecule has 1 aromatic carbocycles. The van der Waals surface area contributed by atoms with E-state index in [0.29, 0.717) is 11.3 Å². The average Bonchev–Trinajstić information content (AvgIpc) is 2.34. The molecule has 0 aliphatic carbocycles. The van der Waals surface area contributed by atoms with E-state index in [9.17, 15) is 14.7 Å². The Labute approximate surface area is 126 Å². The van der Waals surface area contributed by atoms with Crippen LogP contribution in [0, 0.1) is 0 Å². The van der Waals surface area contributed by atoms with Crippen molar-refractivity contribution >= 4 is 33.4 Å². The third-order valence-corrected chi connectivity index (χ3v) is 4.01. The van der Waals surface area contributed by atoms with Gasteiger partial charge in [0.05, 0.1) is 12.6 Å². The summed E-state index contributed by atoms with van der Waals surface area (Å²) in [5.74, 6) is -0.679. The molecule has 6 heteroatoms. The number of aliphatic hydroxyl groups excluding tert-OH is 1. The second-order valence-electron chi connectivity index (χ2n) is 5.40. The van der Waals surface area contributed by atoms with Gasteiger partial charge < -0.3 is 10.0 Å². The minimum Gasteiger partial charge on any atom is -0.389 e. The number of imide groups is 1. The molecule has 1 aliphatic rings. The average molecular weight is 341 g/mol. The van der Waals surface area contributed by atoms with Gasteiger partial charge in [0.2, 0.25) is 5.91 Å². The van der Waals surface area contributed by atoms with Crippen molar-refractivity contribution in [3.05, 3.63) is 28.2 Å². The quantitative estimate of drug-likeness (QED) is 0.804. The highest BCUT2D eigenvalue weighted by molar-refractivity contribution is 9.10. The van der Waals surface area contributed by atoms with Gasteiger partial charge in [0.1, 0.15) is 5.54 Å². The van der Waals surface area contributed by atoms with Crippen molar-refractivity contribution in [3.8, 4) is 0 Å². The molecule has 2 rings (SSSR count). The Bertz CT molecular complexity index is 570. The summed E-state index contributed by atoms with van der Waals surface area (Å²) in [5.41, 5.74) is 0.511. The molecule has 1 atom stereocenters. The van der Waals surface area contributed by atoms with E-state index in [1.54, 1.807) is 37.8 Å². The van der Waals surface area contributed by atoms with Crippen LogP contribution in [0.25, 0.3) is 0 Å². The second-order valence-corrected chi connectivity index (χ2v) is 6.32. The highest BCUT2D eigenvalue weighted by Crippen LogP contribution is 2.34. The zero-order valence-electron chi connectivity index (χ0n) is 11.6. The molecule has 1 aliphatic heterocycles. The molecular weight excluding hydrogens is 324 g/mol. The number of amides is 2. The number of hydrogen-bond acceptors (Lipinski definition) is 4. The Balaban J connectivity index is 2.54. The second kappa shape index (κ2) is 5.18. The number of anilines is 1. The SMILES string of the molecule is CC(O)c1cc(Br)ccc1N1CC(=O)NC(=O)C1(C)C. The van der Waals surface area contributed by atoms with Crippen molar-refractivity contribution in [2.24, 2.45) is 0 Å². The van der Waals surface area contributed by atoms with Crippen molar-refractivity contribution in [1.82, 2.24) is 5.32 Å². The molecule has 0 saturated carbocycles. The standard InChI is InChI=1S/C14H17BrN2O3/c1-8(18)10-6-9(15)4-5-11(10)17-7-12(19)16-13(20)14(17,2)3/h4-6,8,18H,7H2,1-3H3,(H,16,19,20). The molecule has 2 N–H and O–H groups in total. The van der Waals surface area contributed by atoms with Gasteiger partial charge in [-0.15, -0.1) is 0 Å². The number of benzene rings is 1. The van der Waals surface area contributed by atoms with Crippen molar-refractivity contribution in [3.63, 3.8) is 0 Å². The minimum atomic E-state index is -0.856. The van der Waals surface area contributed by atoms with Crippen molar-refractivity contribution in [2.45, 2.75) is 32.4 Å². The Morgan fingerprint density at radius 1 is 1.40 bits per heavy atom. The number of carbonyl (C=O) groups is 2. The highest BCUT2D eigenvalue weighted by atomic mass is 79.9. The Kier molecular flexibility index (Phi) is 3.88. The molecular formula is C14H17BrN2O3. The van der Waals surface area contributed by atoms with Crippen LogP contribution in [0.5, 0.6) is 0 Å². The summed E-state index contributed by atoms with van der Waals surface area (Å²) >= 11 is 3.37. The van der Waals surface area contributed by atoms with E-state index in [2.05, 4.69) is 21.2 Å². The molecule has 0 radical (unpaired) electrons. The largest absolute Gasteiger partial charge is 0.389 e. The minimum absolute atomic E-state index is 0.0834. The molecule has 0 spiro atoms. The van der Waals surface area contributed by atoms with Crippen LogP contribution >= 0.6 is 15.9 Å². The van der Waals surface area contributed by atoms with Gasteiger partial charge in [-0.1, -0.05) is 15.9 Å². The summed E-state index contributed by atoms with van der Waals surface area (Å²) in [6.45, 7) is 5.25. The molecule has 1 fully saturated rings. The zero-order chi connectivity index (χ0) is 15.1. The van der Waals surface area contributed by atoms with Crippen molar-refractivity contribution in [1.29, 1.82) is 0 Å². The van der Waals surface area contributed by atoms with E-state index < -0.39 is 11.6 Å². The number of halogens is 1. The van der Waals surface area contributed by atoms with Gasteiger partial charge in [-0.2, -0.15) is 0 Å². The van der Waals surface area contributed by atoms with Crippen LogP contribution in [-0.4, -0.2) is 29.0 Å². The van der Waals surface area contributed by atoms with Crippen LogP contribution in [0.15, 0.2) is 22.7 Å². The number of aliphatic hydroxyl groups is 1. The van der Waals surface area contributed by atoms with E-state index in [0.717, 1.165) is 4.47 Å². The molecule has 1 saturated heterocycles. The first-order chi connectivity index (χ1) is 9.23. The summed E-state index contributed by atoms with van der Waals surface area (Å²) in [5, 5.41) is 12.3. The van der Waals surface area contributed by atoms with Crippen molar-refractivity contribution in [2.75, 3.05) is 11.4 Å². The predicted molar refractivity (Wildman–Crippen MR) is 79.4 cm³/mol. The van der Waals surface area contributed by atoms with Gasteiger partial charge in [-0.3, -0.25) is 14.9 Å². The fraction of sp³-hybridized carbons (Fsp3) is 0.429. The Morgan fingerprint density at radius 3 is 2.65 bits per heavy atom. The van der Waals surface area contributed by atoms with Crippen LogP contribution in [0.4, 0.5) is 5.69 Å². The van der Waals surface area contributed by atoms with E-state index in [1.807, 2.05) is 6.07 Å². The summed E-state index contributed by atoms with van der Waals surface area (Å²) in [4.78, 5) is 25.4. The molecule has 0 bridgehead atoms. The van der Waals surface area contributed by atoms with E-state index in [-0.39, 0.29) is 18.4 Å². The fourth-order valence-corrected chi connectivity index (χ4v) is 2.65. The van der Waals surface area contributed by atoms with Crippen LogP contribution < -0.4 is 10.2 Å². The maximum atomic E-state index is 12.0. The first kappa shape index (κ1) is 15.0. The maximum absolute atomic E-state index is 12.0. The lowest BCUT2D eigenvalue weighted by Crippen LogP contribution is -2.64. The molecule has 1 unspecified atom stereocenters. The first-order valence-corrected chi connectivity index (χ1v) is 7.12. The van der Waals surface area contributed by atoms with Gasteiger partial charge in [0.25, 0.3) is 5.91 Å². The molecule has 5 nitrogen and oxygen atoms in total. The van der Waals surface area contributed by atoms with Crippen LogP contribution in [0.3, 0.4) is 0 Å². The molecule has 1 aromatic rings. The molecule has 1 heterocycles. The lowest BCUT2D eigenvalue weighted by molar-refractivity contribution is -0.135. The summed E-state index contributed by atoms with van der Waals surface area (Å²) in [6.07, 6.45) is -0.696. The Morgan fingerprint density at radius 2 is 2.05 bits per heavy atom. The monoisotopic (exact) mass is 340 g/mol. The van der Waals surface area contributed by atoms with Crippen molar-refractivity contribution < 1.29 is 14.7 Å². The third kappa shape index (κ3) is 2.58. The molecule has 108 valence electrons. The lowest BCUT2D eigenvalue weighted by atomic mass is 9.95. The normalized spacial score (nSPS) is 19.8. The maximum Gasteiger partial charge on any atom is 0.251 e. The van der Waals surface area contributed by atoms with Crippen LogP contribution in [-0.2, 0) is 9.59 Å². The topological polar surface area (TPSA) is 69.6 Å². The smallest absolute Gasteiger partial charge is 0.251 e. The van der Waals surface area contributed by atoms with Gasteiger partial charge in [0, 0.05) is 15.7 Å². The molecule has 0 aromatic heterocycles. The predicted octanol–water partition coefficient (Wildman–Crippen LogP) is 1.74. The number of hydrogen-bond donors (Lipinski definition) is 2. The number of carbonyl (C=O) groups excluding carboxylic acids is 2. The fourth-order valence-electron chi connectivity index (χ4n) is 2.28. The number of piperazine rings is 1. The van der Waals surface area contributed by atoms with Gasteiger partial charge in [-0.25, -0.2) is 0 Å². The van der Waals surface area contributed by atoms with Crippen LogP contribution in [0.2, 0.25) is 0 Å². The zero-order valence-corrected chi connectivity index (χ0v) is 13.2. The third-order valence-electron chi connectivity index (χ3n) is 3.52. The lowest BCUT2D eigenvalue weighted by Gasteiger charge is -2.42. The van der Waals surface area contributed by atoms with Crippen LogP contribution in [0.1, 0.15) is 32.4 Å².